The molecule has 0 aromatic heterocycles. The Morgan fingerprint density at radius 2 is 1.47 bits per heavy atom. The fourth-order valence-electron chi connectivity index (χ4n) is 4.44. The molecule has 0 radical (unpaired) electrons. The number of ether oxygens (including phenoxy) is 7. The van der Waals surface area contributed by atoms with Crippen LogP contribution in [-0.2, 0) is 52.3 Å². The molecule has 0 aromatic carbocycles. The highest BCUT2D eigenvalue weighted by Gasteiger charge is 2.62. The third kappa shape index (κ3) is 5.76. The average Bonchev–Trinajstić information content (AvgIpc) is 3.05. The van der Waals surface area contributed by atoms with E-state index in [0.717, 1.165) is 19.3 Å². The summed E-state index contributed by atoms with van der Waals surface area (Å²) in [6.45, 7) is 4.54. The molecule has 2 heterocycles. The Bertz CT molecular complexity index is 715. The monoisotopic (exact) mass is 458 g/mol. The zero-order valence-corrected chi connectivity index (χ0v) is 18.7. The highest BCUT2D eigenvalue weighted by Crippen LogP contribution is 2.46. The van der Waals surface area contributed by atoms with Crippen LogP contribution in [0, 0.1) is 0 Å². The highest BCUT2D eigenvalue weighted by molar-refractivity contribution is 5.68. The number of hydrogen-bond donors (Lipinski definition) is 0. The summed E-state index contributed by atoms with van der Waals surface area (Å²) < 4.78 is 39.7. The van der Waals surface area contributed by atoms with E-state index in [-0.39, 0.29) is 6.61 Å². The van der Waals surface area contributed by atoms with E-state index in [9.17, 15) is 19.2 Å². The number of fused-ring (bicyclic) bond motifs is 1. The van der Waals surface area contributed by atoms with Gasteiger partial charge in [-0.1, -0.05) is 6.42 Å². The second-order valence-electron chi connectivity index (χ2n) is 8.24. The van der Waals surface area contributed by atoms with Gasteiger partial charge in [-0.3, -0.25) is 19.2 Å². The topological polar surface area (TPSA) is 133 Å². The molecule has 1 spiro atoms. The third-order valence-corrected chi connectivity index (χ3v) is 5.57. The first kappa shape index (κ1) is 24.4. The first-order valence-electron chi connectivity index (χ1n) is 10.8. The summed E-state index contributed by atoms with van der Waals surface area (Å²) in [6, 6.07) is 0. The van der Waals surface area contributed by atoms with Gasteiger partial charge < -0.3 is 33.2 Å². The van der Waals surface area contributed by atoms with Gasteiger partial charge in [0.25, 0.3) is 0 Å². The van der Waals surface area contributed by atoms with Crippen LogP contribution in [0.1, 0.15) is 59.8 Å². The van der Waals surface area contributed by atoms with Crippen molar-refractivity contribution in [1.82, 2.24) is 0 Å². The highest BCUT2D eigenvalue weighted by atomic mass is 16.8. The summed E-state index contributed by atoms with van der Waals surface area (Å²) in [5.41, 5.74) is 0. The first-order chi connectivity index (χ1) is 15.1. The molecule has 11 nitrogen and oxygen atoms in total. The first-order valence-corrected chi connectivity index (χ1v) is 10.8. The van der Waals surface area contributed by atoms with Crippen molar-refractivity contribution >= 4 is 23.9 Å². The van der Waals surface area contributed by atoms with Crippen molar-refractivity contribution in [2.75, 3.05) is 6.61 Å². The van der Waals surface area contributed by atoms with Crippen LogP contribution in [-0.4, -0.2) is 73.1 Å². The molecule has 3 aliphatic rings. The molecule has 11 heteroatoms. The van der Waals surface area contributed by atoms with Crippen molar-refractivity contribution in [3.63, 3.8) is 0 Å². The molecule has 180 valence electrons. The Hall–Kier alpha value is -2.24. The molecule has 32 heavy (non-hydrogen) atoms. The Balaban J connectivity index is 1.95. The normalized spacial score (nSPS) is 31.8. The van der Waals surface area contributed by atoms with Crippen molar-refractivity contribution < 1.29 is 52.3 Å². The molecule has 2 saturated heterocycles. The Labute approximate surface area is 185 Å². The molecule has 1 saturated carbocycles. The zero-order valence-electron chi connectivity index (χ0n) is 18.7. The maximum atomic E-state index is 11.8. The standard InChI is InChI=1S/C21H30O11/c1-11(22)26-10-15(27-12(2)23)16-17-18(32-21(31-17)8-6-5-7-9-21)19(28-13(3)24)20(30-16)29-14(4)25/h15-20H,5-10H2,1-4H3/t15-,16+,17?,18-,19-,20-/m1/s1. The molecule has 0 amide bonds. The summed E-state index contributed by atoms with van der Waals surface area (Å²) in [5.74, 6) is -3.39. The van der Waals surface area contributed by atoms with Gasteiger partial charge in [-0.05, 0) is 12.8 Å². The fraction of sp³-hybridized carbons (Fsp3) is 0.810. The third-order valence-electron chi connectivity index (χ3n) is 5.57. The Morgan fingerprint density at radius 3 is 2.03 bits per heavy atom. The van der Waals surface area contributed by atoms with Gasteiger partial charge in [0.1, 0.15) is 24.9 Å². The van der Waals surface area contributed by atoms with E-state index in [2.05, 4.69) is 0 Å². The number of esters is 4. The van der Waals surface area contributed by atoms with E-state index < -0.39 is 66.5 Å². The van der Waals surface area contributed by atoms with Gasteiger partial charge in [0.2, 0.25) is 6.29 Å². The van der Waals surface area contributed by atoms with Crippen LogP contribution in [0.3, 0.4) is 0 Å². The van der Waals surface area contributed by atoms with Gasteiger partial charge in [0.15, 0.2) is 18.0 Å². The van der Waals surface area contributed by atoms with Gasteiger partial charge in [0, 0.05) is 40.5 Å². The van der Waals surface area contributed by atoms with Crippen LogP contribution >= 0.6 is 0 Å². The molecule has 2 aliphatic heterocycles. The minimum atomic E-state index is -1.33. The summed E-state index contributed by atoms with van der Waals surface area (Å²) >= 11 is 0. The molecule has 0 N–H and O–H groups in total. The van der Waals surface area contributed by atoms with Gasteiger partial charge in [-0.25, -0.2) is 0 Å². The predicted molar refractivity (Wildman–Crippen MR) is 104 cm³/mol. The lowest BCUT2D eigenvalue weighted by molar-refractivity contribution is -0.289. The summed E-state index contributed by atoms with van der Waals surface area (Å²) in [4.78, 5) is 46.7. The zero-order chi connectivity index (χ0) is 23.5. The quantitative estimate of drug-likeness (QED) is 0.419. The number of rotatable bonds is 6. The fourth-order valence-corrected chi connectivity index (χ4v) is 4.44. The van der Waals surface area contributed by atoms with Crippen molar-refractivity contribution in [1.29, 1.82) is 0 Å². The second kappa shape index (κ2) is 10.1. The Kier molecular flexibility index (Phi) is 7.73. The van der Waals surface area contributed by atoms with Crippen LogP contribution in [0.4, 0.5) is 0 Å². The van der Waals surface area contributed by atoms with Crippen LogP contribution < -0.4 is 0 Å². The molecule has 0 aromatic rings. The van der Waals surface area contributed by atoms with Gasteiger partial charge in [-0.2, -0.15) is 0 Å². The van der Waals surface area contributed by atoms with Crippen LogP contribution in [0.5, 0.6) is 0 Å². The van der Waals surface area contributed by atoms with E-state index in [0.29, 0.717) is 12.8 Å². The molecule has 0 bridgehead atoms. The maximum Gasteiger partial charge on any atom is 0.305 e. The lowest BCUT2D eigenvalue weighted by atomic mass is 9.94. The molecule has 1 unspecified atom stereocenters. The lowest BCUT2D eigenvalue weighted by Crippen LogP contribution is -2.62. The van der Waals surface area contributed by atoms with Crippen molar-refractivity contribution in [3.05, 3.63) is 0 Å². The largest absolute Gasteiger partial charge is 0.462 e. The molecule has 3 rings (SSSR count). The Morgan fingerprint density at radius 1 is 0.844 bits per heavy atom. The smallest absolute Gasteiger partial charge is 0.305 e. The summed E-state index contributed by atoms with van der Waals surface area (Å²) in [7, 11) is 0. The van der Waals surface area contributed by atoms with E-state index in [1.54, 1.807) is 0 Å². The summed E-state index contributed by atoms with van der Waals surface area (Å²) in [5, 5.41) is 0. The molecule has 1 aliphatic carbocycles. The van der Waals surface area contributed by atoms with E-state index >= 15 is 0 Å². The van der Waals surface area contributed by atoms with Gasteiger partial charge in [-0.15, -0.1) is 0 Å². The van der Waals surface area contributed by atoms with E-state index in [1.807, 2.05) is 0 Å². The van der Waals surface area contributed by atoms with Crippen molar-refractivity contribution in [3.8, 4) is 0 Å². The molecule has 6 atom stereocenters. The number of hydrogen-bond acceptors (Lipinski definition) is 11. The predicted octanol–water partition coefficient (Wildman–Crippen LogP) is 1.15. The van der Waals surface area contributed by atoms with Crippen LogP contribution in [0.15, 0.2) is 0 Å². The van der Waals surface area contributed by atoms with Crippen LogP contribution in [0.25, 0.3) is 0 Å². The van der Waals surface area contributed by atoms with Crippen LogP contribution in [0.2, 0.25) is 0 Å². The van der Waals surface area contributed by atoms with E-state index in [1.165, 1.54) is 27.7 Å². The maximum absolute atomic E-state index is 11.8. The summed E-state index contributed by atoms with van der Waals surface area (Å²) in [6.07, 6.45) is -2.13. The minimum absolute atomic E-state index is 0.301. The van der Waals surface area contributed by atoms with Gasteiger partial charge >= 0.3 is 23.9 Å². The van der Waals surface area contributed by atoms with E-state index in [4.69, 9.17) is 33.2 Å². The van der Waals surface area contributed by atoms with Crippen molar-refractivity contribution in [2.45, 2.75) is 102 Å². The second-order valence-corrected chi connectivity index (χ2v) is 8.24. The SMILES string of the molecule is CC(=O)OC[C@@H](OC(C)=O)[C@@H]1O[C@@H](OC(C)=O)[C@H](OC(C)=O)[C@@H]2OC3(CCCCC3)OC21. The van der Waals surface area contributed by atoms with Gasteiger partial charge in [0.05, 0.1) is 0 Å². The number of carbonyl (C=O) groups excluding carboxylic acids is 4. The molecule has 3 fully saturated rings. The minimum Gasteiger partial charge on any atom is -0.462 e. The average molecular weight is 458 g/mol. The molecular formula is C21H30O11. The lowest BCUT2D eigenvalue weighted by Gasteiger charge is -2.42. The number of carbonyl (C=O) groups is 4. The molecular weight excluding hydrogens is 428 g/mol. The van der Waals surface area contributed by atoms with Crippen molar-refractivity contribution in [2.24, 2.45) is 0 Å².